The van der Waals surface area contributed by atoms with Crippen molar-refractivity contribution in [1.29, 1.82) is 0 Å². The summed E-state index contributed by atoms with van der Waals surface area (Å²) in [5.74, 6) is 0.185. The molecule has 0 aromatic carbocycles. The zero-order valence-corrected chi connectivity index (χ0v) is 8.85. The van der Waals surface area contributed by atoms with Crippen LogP contribution in [0.4, 0.5) is 0 Å². The van der Waals surface area contributed by atoms with E-state index in [1.165, 1.54) is 11.8 Å². The van der Waals surface area contributed by atoms with Gasteiger partial charge in [0.1, 0.15) is 0 Å². The number of ether oxygens (including phenoxy) is 1. The van der Waals surface area contributed by atoms with E-state index in [1.807, 2.05) is 26.8 Å². The highest BCUT2D eigenvalue weighted by molar-refractivity contribution is 8.18. The molecule has 1 heterocycles. The maximum Gasteiger partial charge on any atom is 0.287 e. The highest BCUT2D eigenvalue weighted by Crippen LogP contribution is 2.27. The van der Waals surface area contributed by atoms with Crippen molar-refractivity contribution in [2.45, 2.75) is 20.8 Å². The summed E-state index contributed by atoms with van der Waals surface area (Å²) in [5, 5.41) is 0.472. The molecule has 13 heavy (non-hydrogen) atoms. The van der Waals surface area contributed by atoms with Gasteiger partial charge in [-0.05, 0) is 24.6 Å². The Labute approximate surface area is 82.3 Å². The monoisotopic (exact) mass is 199 g/mol. The van der Waals surface area contributed by atoms with Crippen LogP contribution in [0, 0.1) is 5.92 Å². The van der Waals surface area contributed by atoms with Crippen molar-refractivity contribution in [3.8, 4) is 0 Å². The van der Waals surface area contributed by atoms with E-state index in [0.29, 0.717) is 22.7 Å². The standard InChI is InChI=1S/C9H13NO2S/c1-4-12-9-10-8(11)7(13-9)5-6(2)3/h5-6H,4H2,1-3H3/b7-5-. The van der Waals surface area contributed by atoms with Gasteiger partial charge in [0.25, 0.3) is 11.1 Å². The minimum atomic E-state index is -0.179. The molecule has 72 valence electrons. The Bertz CT molecular complexity index is 269. The van der Waals surface area contributed by atoms with Gasteiger partial charge in [-0.15, -0.1) is 0 Å². The van der Waals surface area contributed by atoms with Crippen LogP contribution in [0.5, 0.6) is 0 Å². The number of thioether (sulfide) groups is 1. The normalized spacial score (nSPS) is 19.8. The van der Waals surface area contributed by atoms with Gasteiger partial charge in [0.2, 0.25) is 0 Å². The number of amides is 1. The number of hydrogen-bond donors (Lipinski definition) is 0. The molecule has 0 saturated heterocycles. The SMILES string of the molecule is CCOC1=NC(=O)/C(=C/C(C)C)S1. The molecule has 0 saturated carbocycles. The van der Waals surface area contributed by atoms with Crippen LogP contribution in [0.25, 0.3) is 0 Å². The van der Waals surface area contributed by atoms with Crippen molar-refractivity contribution in [1.82, 2.24) is 0 Å². The maximum absolute atomic E-state index is 11.2. The third kappa shape index (κ3) is 2.88. The van der Waals surface area contributed by atoms with Crippen LogP contribution in [0.2, 0.25) is 0 Å². The summed E-state index contributed by atoms with van der Waals surface area (Å²) in [7, 11) is 0. The van der Waals surface area contributed by atoms with E-state index in [-0.39, 0.29) is 5.91 Å². The lowest BCUT2D eigenvalue weighted by molar-refractivity contribution is -0.113. The van der Waals surface area contributed by atoms with Crippen LogP contribution in [0.1, 0.15) is 20.8 Å². The van der Waals surface area contributed by atoms with Crippen molar-refractivity contribution in [3.63, 3.8) is 0 Å². The Morgan fingerprint density at radius 2 is 2.31 bits per heavy atom. The Balaban J connectivity index is 2.64. The van der Waals surface area contributed by atoms with Crippen molar-refractivity contribution in [3.05, 3.63) is 11.0 Å². The van der Waals surface area contributed by atoms with Gasteiger partial charge in [-0.2, -0.15) is 4.99 Å². The predicted octanol–water partition coefficient (Wildman–Crippen LogP) is 2.19. The summed E-state index contributed by atoms with van der Waals surface area (Å²) in [6, 6.07) is 0. The molecule has 0 aromatic heterocycles. The van der Waals surface area contributed by atoms with Crippen LogP contribution < -0.4 is 0 Å². The molecule has 0 aliphatic carbocycles. The van der Waals surface area contributed by atoms with Crippen molar-refractivity contribution in [2.24, 2.45) is 10.9 Å². The van der Waals surface area contributed by atoms with E-state index in [0.717, 1.165) is 0 Å². The smallest absolute Gasteiger partial charge is 0.287 e. The lowest BCUT2D eigenvalue weighted by Crippen LogP contribution is -1.94. The lowest BCUT2D eigenvalue weighted by atomic mass is 10.2. The van der Waals surface area contributed by atoms with Gasteiger partial charge in [-0.25, -0.2) is 0 Å². The summed E-state index contributed by atoms with van der Waals surface area (Å²) in [4.78, 5) is 15.7. The summed E-state index contributed by atoms with van der Waals surface area (Å²) >= 11 is 1.31. The van der Waals surface area contributed by atoms with Gasteiger partial charge in [-0.3, -0.25) is 4.79 Å². The molecule has 1 amide bonds. The Kier molecular flexibility index (Phi) is 3.54. The van der Waals surface area contributed by atoms with E-state index in [4.69, 9.17) is 4.74 Å². The predicted molar refractivity (Wildman–Crippen MR) is 54.6 cm³/mol. The van der Waals surface area contributed by atoms with E-state index >= 15 is 0 Å². The molecule has 1 aliphatic heterocycles. The van der Waals surface area contributed by atoms with Gasteiger partial charge in [-0.1, -0.05) is 19.9 Å². The average molecular weight is 199 g/mol. The van der Waals surface area contributed by atoms with E-state index in [2.05, 4.69) is 4.99 Å². The minimum Gasteiger partial charge on any atom is -0.473 e. The zero-order valence-electron chi connectivity index (χ0n) is 8.03. The number of hydrogen-bond acceptors (Lipinski definition) is 3. The fraction of sp³-hybridized carbons (Fsp3) is 0.556. The lowest BCUT2D eigenvalue weighted by Gasteiger charge is -1.99. The van der Waals surface area contributed by atoms with Crippen LogP contribution in [0.15, 0.2) is 16.0 Å². The number of nitrogens with zero attached hydrogens (tertiary/aromatic N) is 1. The number of carbonyl (C=O) groups excluding carboxylic acids is 1. The number of aliphatic imine (C=N–C) groups is 1. The Morgan fingerprint density at radius 3 is 2.85 bits per heavy atom. The summed E-state index contributed by atoms with van der Waals surface area (Å²) in [6.07, 6.45) is 1.91. The molecule has 0 N–H and O–H groups in total. The minimum absolute atomic E-state index is 0.179. The van der Waals surface area contributed by atoms with Crippen LogP contribution in [-0.2, 0) is 9.53 Å². The van der Waals surface area contributed by atoms with Crippen molar-refractivity contribution < 1.29 is 9.53 Å². The maximum atomic E-state index is 11.2. The summed E-state index contributed by atoms with van der Waals surface area (Å²) < 4.78 is 5.14. The molecule has 0 bridgehead atoms. The molecule has 0 spiro atoms. The fourth-order valence-corrected chi connectivity index (χ4v) is 1.86. The molecule has 1 rings (SSSR count). The number of allylic oxidation sites excluding steroid dienone is 1. The number of carbonyl (C=O) groups is 1. The first-order chi connectivity index (χ1) is 6.13. The van der Waals surface area contributed by atoms with Crippen LogP contribution >= 0.6 is 11.8 Å². The van der Waals surface area contributed by atoms with E-state index in [1.54, 1.807) is 0 Å². The Morgan fingerprint density at radius 1 is 1.62 bits per heavy atom. The molecule has 3 nitrogen and oxygen atoms in total. The van der Waals surface area contributed by atoms with E-state index in [9.17, 15) is 4.79 Å². The largest absolute Gasteiger partial charge is 0.473 e. The van der Waals surface area contributed by atoms with Gasteiger partial charge in [0.15, 0.2) is 0 Å². The summed E-state index contributed by atoms with van der Waals surface area (Å²) in [6.45, 7) is 6.48. The molecule has 0 aromatic rings. The Hall–Kier alpha value is -0.770. The molecule has 0 radical (unpaired) electrons. The first-order valence-electron chi connectivity index (χ1n) is 4.29. The third-order valence-electron chi connectivity index (χ3n) is 1.35. The van der Waals surface area contributed by atoms with E-state index < -0.39 is 0 Å². The van der Waals surface area contributed by atoms with Gasteiger partial charge < -0.3 is 4.74 Å². The second-order valence-corrected chi connectivity index (χ2v) is 3.99. The van der Waals surface area contributed by atoms with Gasteiger partial charge in [0.05, 0.1) is 11.5 Å². The topological polar surface area (TPSA) is 38.7 Å². The highest BCUT2D eigenvalue weighted by Gasteiger charge is 2.22. The zero-order chi connectivity index (χ0) is 9.84. The third-order valence-corrected chi connectivity index (χ3v) is 2.27. The number of rotatable bonds is 2. The second-order valence-electron chi connectivity index (χ2n) is 2.99. The molecular formula is C9H13NO2S. The van der Waals surface area contributed by atoms with Crippen molar-refractivity contribution in [2.75, 3.05) is 6.61 Å². The quantitative estimate of drug-likeness (QED) is 0.640. The first kappa shape index (κ1) is 10.3. The van der Waals surface area contributed by atoms with Crippen molar-refractivity contribution >= 4 is 22.9 Å². The average Bonchev–Trinajstić information content (AvgIpc) is 2.31. The van der Waals surface area contributed by atoms with Crippen LogP contribution in [0.3, 0.4) is 0 Å². The van der Waals surface area contributed by atoms with Gasteiger partial charge >= 0.3 is 0 Å². The molecule has 4 heteroatoms. The second kappa shape index (κ2) is 4.46. The van der Waals surface area contributed by atoms with Crippen LogP contribution in [-0.4, -0.2) is 17.7 Å². The molecule has 1 aliphatic rings. The highest BCUT2D eigenvalue weighted by atomic mass is 32.2. The fourth-order valence-electron chi connectivity index (χ4n) is 0.892. The first-order valence-corrected chi connectivity index (χ1v) is 5.10. The molecule has 0 unspecified atom stereocenters. The molecule has 0 fully saturated rings. The van der Waals surface area contributed by atoms with Gasteiger partial charge in [0, 0.05) is 0 Å². The molecular weight excluding hydrogens is 186 g/mol. The molecule has 0 atom stereocenters. The summed E-state index contributed by atoms with van der Waals surface area (Å²) in [5.41, 5.74) is 0.